The fourth-order valence-electron chi connectivity index (χ4n) is 2.51. The number of sulfonamides is 1. The fourth-order valence-corrected chi connectivity index (χ4v) is 5.18. The molecule has 0 bridgehead atoms. The molecule has 3 heterocycles. The third-order valence-corrected chi connectivity index (χ3v) is 6.98. The molecular weight excluding hydrogens is 392 g/mol. The van der Waals surface area contributed by atoms with Crippen molar-refractivity contribution in [3.05, 3.63) is 35.3 Å². The first-order chi connectivity index (χ1) is 12.8. The Morgan fingerprint density at radius 3 is 2.70 bits per heavy atom. The summed E-state index contributed by atoms with van der Waals surface area (Å²) in [6.07, 6.45) is 0.491. The van der Waals surface area contributed by atoms with Gasteiger partial charge in [0.25, 0.3) is 10.0 Å². The zero-order chi connectivity index (χ0) is 19.6. The molecule has 0 saturated heterocycles. The monoisotopic (exact) mass is 412 g/mol. The van der Waals surface area contributed by atoms with Gasteiger partial charge in [0.05, 0.1) is 23.9 Å². The van der Waals surface area contributed by atoms with E-state index in [0.29, 0.717) is 30.3 Å². The van der Waals surface area contributed by atoms with Gasteiger partial charge in [-0.1, -0.05) is 10.3 Å². The maximum atomic E-state index is 12.7. The Bertz CT molecular complexity index is 1000. The maximum Gasteiger partial charge on any atom is 0.250 e. The van der Waals surface area contributed by atoms with E-state index in [1.807, 2.05) is 6.92 Å². The van der Waals surface area contributed by atoms with Crippen molar-refractivity contribution in [2.24, 2.45) is 0 Å². The molecule has 3 aromatic heterocycles. The molecule has 27 heavy (non-hydrogen) atoms. The van der Waals surface area contributed by atoms with Gasteiger partial charge in [-0.2, -0.15) is 9.71 Å². The normalized spacial score (nSPS) is 13.2. The van der Waals surface area contributed by atoms with E-state index < -0.39 is 16.1 Å². The highest BCUT2D eigenvalue weighted by Crippen LogP contribution is 2.35. The number of hydrogen-bond acceptors (Lipinski definition) is 9. The SMILES string of the molecule is COCCc1noc(C(C)NS(=O)(=O)c2ccc(-c3c(C)noc3C)s2)n1. The zero-order valence-corrected chi connectivity index (χ0v) is 17.0. The van der Waals surface area contributed by atoms with E-state index in [9.17, 15) is 8.42 Å². The number of hydrogen-bond donors (Lipinski definition) is 1. The summed E-state index contributed by atoms with van der Waals surface area (Å²) in [5, 5.41) is 7.72. The number of aromatic nitrogens is 3. The average molecular weight is 412 g/mol. The molecule has 0 aromatic carbocycles. The van der Waals surface area contributed by atoms with Crippen LogP contribution in [0.25, 0.3) is 10.4 Å². The smallest absolute Gasteiger partial charge is 0.250 e. The van der Waals surface area contributed by atoms with Crippen LogP contribution in [0.2, 0.25) is 0 Å². The Balaban J connectivity index is 1.76. The molecule has 146 valence electrons. The molecule has 0 aliphatic heterocycles. The molecule has 3 aromatic rings. The number of aryl methyl sites for hydroxylation is 2. The fraction of sp³-hybridized carbons (Fsp3) is 0.438. The minimum absolute atomic E-state index is 0.184. The largest absolute Gasteiger partial charge is 0.384 e. The lowest BCUT2D eigenvalue weighted by atomic mass is 10.2. The van der Waals surface area contributed by atoms with Crippen molar-refractivity contribution >= 4 is 21.4 Å². The molecule has 9 nitrogen and oxygen atoms in total. The van der Waals surface area contributed by atoms with Gasteiger partial charge in [0.15, 0.2) is 5.82 Å². The molecule has 0 amide bonds. The summed E-state index contributed by atoms with van der Waals surface area (Å²) < 4.78 is 43.4. The Morgan fingerprint density at radius 1 is 1.26 bits per heavy atom. The maximum absolute atomic E-state index is 12.7. The van der Waals surface area contributed by atoms with Crippen LogP contribution in [0.4, 0.5) is 0 Å². The minimum Gasteiger partial charge on any atom is -0.384 e. The number of ether oxygens (including phenoxy) is 1. The number of nitrogens with zero attached hydrogens (tertiary/aromatic N) is 3. The van der Waals surface area contributed by atoms with Crippen LogP contribution in [0, 0.1) is 13.8 Å². The quantitative estimate of drug-likeness (QED) is 0.599. The van der Waals surface area contributed by atoms with Gasteiger partial charge in [0.2, 0.25) is 5.89 Å². The number of methoxy groups -OCH3 is 1. The zero-order valence-electron chi connectivity index (χ0n) is 15.3. The molecule has 1 N–H and O–H groups in total. The van der Waals surface area contributed by atoms with Crippen molar-refractivity contribution < 1.29 is 22.2 Å². The first kappa shape index (κ1) is 19.7. The lowest BCUT2D eigenvalue weighted by Crippen LogP contribution is -2.26. The van der Waals surface area contributed by atoms with Crippen molar-refractivity contribution in [2.45, 2.75) is 37.4 Å². The van der Waals surface area contributed by atoms with E-state index in [1.165, 1.54) is 0 Å². The lowest BCUT2D eigenvalue weighted by molar-refractivity contribution is 0.199. The minimum atomic E-state index is -3.75. The van der Waals surface area contributed by atoms with Crippen LogP contribution in [-0.2, 0) is 21.2 Å². The van der Waals surface area contributed by atoms with Crippen molar-refractivity contribution in [1.29, 1.82) is 0 Å². The highest BCUT2D eigenvalue weighted by atomic mass is 32.2. The summed E-state index contributed by atoms with van der Waals surface area (Å²) in [7, 11) is -2.17. The van der Waals surface area contributed by atoms with Crippen molar-refractivity contribution in [3.8, 4) is 10.4 Å². The molecule has 0 aliphatic carbocycles. The van der Waals surface area contributed by atoms with Gasteiger partial charge >= 0.3 is 0 Å². The summed E-state index contributed by atoms with van der Waals surface area (Å²) in [5.74, 6) is 1.32. The van der Waals surface area contributed by atoms with Gasteiger partial charge in [-0.15, -0.1) is 11.3 Å². The van der Waals surface area contributed by atoms with E-state index >= 15 is 0 Å². The predicted octanol–water partition coefficient (Wildman–Crippen LogP) is 2.63. The Hall–Kier alpha value is -2.08. The van der Waals surface area contributed by atoms with E-state index in [-0.39, 0.29) is 10.1 Å². The van der Waals surface area contributed by atoms with Crippen LogP contribution in [0.15, 0.2) is 25.4 Å². The predicted molar refractivity (Wildman–Crippen MR) is 97.9 cm³/mol. The molecule has 3 rings (SSSR count). The third kappa shape index (κ3) is 4.26. The van der Waals surface area contributed by atoms with Gasteiger partial charge in [-0.05, 0) is 32.9 Å². The Kier molecular flexibility index (Phi) is 5.75. The summed E-state index contributed by atoms with van der Waals surface area (Å²) in [4.78, 5) is 4.97. The average Bonchev–Trinajstić information content (AvgIpc) is 3.33. The number of thiophene rings is 1. The first-order valence-corrected chi connectivity index (χ1v) is 10.5. The highest BCUT2D eigenvalue weighted by molar-refractivity contribution is 7.91. The van der Waals surface area contributed by atoms with Crippen molar-refractivity contribution in [3.63, 3.8) is 0 Å². The van der Waals surface area contributed by atoms with Crippen LogP contribution in [0.1, 0.15) is 36.1 Å². The van der Waals surface area contributed by atoms with Crippen LogP contribution in [0.3, 0.4) is 0 Å². The van der Waals surface area contributed by atoms with E-state index in [4.69, 9.17) is 13.8 Å². The van der Waals surface area contributed by atoms with Gasteiger partial charge < -0.3 is 13.8 Å². The van der Waals surface area contributed by atoms with Crippen LogP contribution in [0.5, 0.6) is 0 Å². The molecule has 0 spiro atoms. The van der Waals surface area contributed by atoms with E-state index in [1.54, 1.807) is 33.1 Å². The summed E-state index contributed by atoms with van der Waals surface area (Å²) >= 11 is 1.15. The Labute approximate surface area is 160 Å². The first-order valence-electron chi connectivity index (χ1n) is 8.18. The second-order valence-corrected chi connectivity index (χ2v) is 8.98. The van der Waals surface area contributed by atoms with Crippen molar-refractivity contribution in [1.82, 2.24) is 20.0 Å². The summed E-state index contributed by atoms with van der Waals surface area (Å²) in [6.45, 7) is 5.71. The molecule has 1 atom stereocenters. The van der Waals surface area contributed by atoms with Crippen LogP contribution in [-0.4, -0.2) is 37.4 Å². The van der Waals surface area contributed by atoms with E-state index in [0.717, 1.165) is 21.8 Å². The van der Waals surface area contributed by atoms with Crippen LogP contribution < -0.4 is 4.72 Å². The van der Waals surface area contributed by atoms with Gasteiger partial charge in [-0.25, -0.2) is 8.42 Å². The van der Waals surface area contributed by atoms with Crippen LogP contribution >= 0.6 is 11.3 Å². The van der Waals surface area contributed by atoms with Gasteiger partial charge in [0, 0.05) is 18.4 Å². The molecule has 0 saturated carbocycles. The molecule has 0 radical (unpaired) electrons. The lowest BCUT2D eigenvalue weighted by Gasteiger charge is -2.08. The molecule has 11 heteroatoms. The molecule has 1 unspecified atom stereocenters. The number of rotatable bonds is 8. The van der Waals surface area contributed by atoms with Gasteiger partial charge in [0.1, 0.15) is 9.97 Å². The number of nitrogens with one attached hydrogen (secondary N) is 1. The summed E-state index contributed by atoms with van der Waals surface area (Å²) in [6, 6.07) is 2.63. The van der Waals surface area contributed by atoms with Gasteiger partial charge in [-0.3, -0.25) is 0 Å². The summed E-state index contributed by atoms with van der Waals surface area (Å²) in [5.41, 5.74) is 1.53. The Morgan fingerprint density at radius 2 is 2.04 bits per heavy atom. The molecular formula is C16H20N4O5S2. The third-order valence-electron chi connectivity index (χ3n) is 3.84. The highest BCUT2D eigenvalue weighted by Gasteiger charge is 2.25. The molecule has 0 fully saturated rings. The van der Waals surface area contributed by atoms with Crippen molar-refractivity contribution in [2.75, 3.05) is 13.7 Å². The standard InChI is InChI=1S/C16H20N4O5S2/c1-9-15(11(3)24-18-9)12-5-6-14(26-12)27(21,22)20-10(2)16-17-13(19-25-16)7-8-23-4/h5-6,10,20H,7-8H2,1-4H3. The molecule has 0 aliphatic rings. The second-order valence-electron chi connectivity index (χ2n) is 5.95. The second kappa shape index (κ2) is 7.89. The van der Waals surface area contributed by atoms with E-state index in [2.05, 4.69) is 20.0 Å². The topological polar surface area (TPSA) is 120 Å².